The van der Waals surface area contributed by atoms with Crippen LogP contribution in [0.1, 0.15) is 37.2 Å². The summed E-state index contributed by atoms with van der Waals surface area (Å²) in [6.07, 6.45) is 3.67. The SMILES string of the molecule is COC(=O)c1ncn(CCCCN(C)C(C)C)c1N. The number of esters is 1. The summed E-state index contributed by atoms with van der Waals surface area (Å²) in [5.74, 6) is -0.111. The highest BCUT2D eigenvalue weighted by Gasteiger charge is 2.15. The van der Waals surface area contributed by atoms with Crippen LogP contribution in [0.4, 0.5) is 5.82 Å². The summed E-state index contributed by atoms with van der Waals surface area (Å²) >= 11 is 0. The molecule has 0 aliphatic carbocycles. The number of aromatic nitrogens is 2. The highest BCUT2D eigenvalue weighted by Crippen LogP contribution is 2.12. The molecule has 0 atom stereocenters. The molecule has 108 valence electrons. The van der Waals surface area contributed by atoms with E-state index in [1.165, 1.54) is 7.11 Å². The molecule has 0 amide bonds. The Labute approximate surface area is 114 Å². The fraction of sp³-hybridized carbons (Fsp3) is 0.692. The van der Waals surface area contributed by atoms with E-state index in [4.69, 9.17) is 5.73 Å². The Kier molecular flexibility index (Phi) is 5.82. The lowest BCUT2D eigenvalue weighted by Crippen LogP contribution is -2.27. The Hall–Kier alpha value is -1.56. The minimum Gasteiger partial charge on any atom is -0.464 e. The van der Waals surface area contributed by atoms with Gasteiger partial charge in [0, 0.05) is 12.6 Å². The van der Waals surface area contributed by atoms with Crippen LogP contribution in [0.2, 0.25) is 0 Å². The zero-order valence-corrected chi connectivity index (χ0v) is 12.2. The molecule has 2 N–H and O–H groups in total. The monoisotopic (exact) mass is 268 g/mol. The molecule has 0 aromatic carbocycles. The molecule has 0 fully saturated rings. The van der Waals surface area contributed by atoms with E-state index >= 15 is 0 Å². The van der Waals surface area contributed by atoms with E-state index in [1.807, 2.05) is 0 Å². The molecule has 1 heterocycles. The summed E-state index contributed by atoms with van der Waals surface area (Å²) in [4.78, 5) is 17.6. The fourth-order valence-corrected chi connectivity index (χ4v) is 1.73. The lowest BCUT2D eigenvalue weighted by atomic mass is 10.2. The maximum absolute atomic E-state index is 11.4. The van der Waals surface area contributed by atoms with Crippen LogP contribution in [-0.4, -0.2) is 47.2 Å². The number of carbonyl (C=O) groups is 1. The number of hydrogen-bond donors (Lipinski definition) is 1. The second kappa shape index (κ2) is 7.13. The Morgan fingerprint density at radius 1 is 1.53 bits per heavy atom. The van der Waals surface area contributed by atoms with Gasteiger partial charge in [-0.25, -0.2) is 9.78 Å². The van der Waals surface area contributed by atoms with Crippen molar-refractivity contribution in [3.05, 3.63) is 12.0 Å². The van der Waals surface area contributed by atoms with E-state index in [1.54, 1.807) is 10.9 Å². The molecular formula is C13H24N4O2. The summed E-state index contributed by atoms with van der Waals surface area (Å²) in [6, 6.07) is 0.559. The Morgan fingerprint density at radius 3 is 2.79 bits per heavy atom. The smallest absolute Gasteiger partial charge is 0.360 e. The molecule has 6 nitrogen and oxygen atoms in total. The first-order chi connectivity index (χ1) is 8.97. The average Bonchev–Trinajstić information content (AvgIpc) is 2.75. The number of nitrogens with zero attached hydrogens (tertiary/aromatic N) is 3. The van der Waals surface area contributed by atoms with Crippen LogP contribution >= 0.6 is 0 Å². The van der Waals surface area contributed by atoms with Crippen molar-refractivity contribution in [2.75, 3.05) is 26.4 Å². The molecular weight excluding hydrogens is 244 g/mol. The van der Waals surface area contributed by atoms with Gasteiger partial charge in [0.25, 0.3) is 0 Å². The summed E-state index contributed by atoms with van der Waals surface area (Å²) in [7, 11) is 3.44. The van der Waals surface area contributed by atoms with Crippen molar-refractivity contribution in [1.29, 1.82) is 0 Å². The van der Waals surface area contributed by atoms with E-state index in [0.29, 0.717) is 11.9 Å². The Balaban J connectivity index is 2.42. The average molecular weight is 268 g/mol. The van der Waals surface area contributed by atoms with Crippen LogP contribution in [0.25, 0.3) is 0 Å². The van der Waals surface area contributed by atoms with Crippen LogP contribution in [0.15, 0.2) is 6.33 Å². The van der Waals surface area contributed by atoms with Crippen LogP contribution in [0, 0.1) is 0 Å². The van der Waals surface area contributed by atoms with Gasteiger partial charge in [0.1, 0.15) is 5.82 Å². The van der Waals surface area contributed by atoms with Crippen molar-refractivity contribution in [3.63, 3.8) is 0 Å². The topological polar surface area (TPSA) is 73.4 Å². The van der Waals surface area contributed by atoms with E-state index < -0.39 is 5.97 Å². The van der Waals surface area contributed by atoms with E-state index in [9.17, 15) is 4.79 Å². The maximum Gasteiger partial charge on any atom is 0.360 e. The predicted molar refractivity (Wildman–Crippen MR) is 75.0 cm³/mol. The molecule has 0 saturated heterocycles. The van der Waals surface area contributed by atoms with Crippen LogP contribution in [-0.2, 0) is 11.3 Å². The number of methoxy groups -OCH3 is 1. The van der Waals surface area contributed by atoms with Crippen molar-refractivity contribution in [2.45, 2.75) is 39.3 Å². The van der Waals surface area contributed by atoms with Gasteiger partial charge in [-0.15, -0.1) is 0 Å². The summed E-state index contributed by atoms with van der Waals surface area (Å²) in [5.41, 5.74) is 6.06. The quantitative estimate of drug-likeness (QED) is 0.597. The third kappa shape index (κ3) is 4.24. The van der Waals surface area contributed by atoms with Gasteiger partial charge in [0.2, 0.25) is 0 Å². The number of nitrogens with two attached hydrogens (primary N) is 1. The van der Waals surface area contributed by atoms with Crippen molar-refractivity contribution < 1.29 is 9.53 Å². The van der Waals surface area contributed by atoms with Gasteiger partial charge in [-0.3, -0.25) is 0 Å². The largest absolute Gasteiger partial charge is 0.464 e. The molecule has 0 saturated carbocycles. The summed E-state index contributed by atoms with van der Waals surface area (Å²) in [5, 5.41) is 0. The number of rotatable bonds is 7. The Morgan fingerprint density at radius 2 is 2.21 bits per heavy atom. The van der Waals surface area contributed by atoms with Gasteiger partial charge in [-0.05, 0) is 40.3 Å². The van der Waals surface area contributed by atoms with Crippen LogP contribution in [0.3, 0.4) is 0 Å². The Bertz CT molecular complexity index is 415. The van der Waals surface area contributed by atoms with Gasteiger partial charge in [0.05, 0.1) is 13.4 Å². The lowest BCUT2D eigenvalue weighted by Gasteiger charge is -2.20. The molecule has 0 aliphatic rings. The molecule has 19 heavy (non-hydrogen) atoms. The van der Waals surface area contributed by atoms with Crippen LogP contribution in [0.5, 0.6) is 0 Å². The molecule has 0 unspecified atom stereocenters. The number of aryl methyl sites for hydroxylation is 1. The summed E-state index contributed by atoms with van der Waals surface area (Å²) < 4.78 is 6.41. The third-order valence-electron chi connectivity index (χ3n) is 3.30. The minimum absolute atomic E-state index is 0.196. The highest BCUT2D eigenvalue weighted by atomic mass is 16.5. The molecule has 0 spiro atoms. The number of nitrogen functional groups attached to an aromatic ring is 1. The minimum atomic E-state index is -0.490. The van der Waals surface area contributed by atoms with E-state index in [2.05, 4.69) is 35.5 Å². The van der Waals surface area contributed by atoms with Crippen LogP contribution < -0.4 is 5.73 Å². The van der Waals surface area contributed by atoms with Crippen molar-refractivity contribution >= 4 is 11.8 Å². The van der Waals surface area contributed by atoms with Gasteiger partial charge in [0.15, 0.2) is 5.69 Å². The summed E-state index contributed by atoms with van der Waals surface area (Å²) in [6.45, 7) is 6.17. The highest BCUT2D eigenvalue weighted by molar-refractivity contribution is 5.91. The first-order valence-electron chi connectivity index (χ1n) is 6.56. The number of hydrogen-bond acceptors (Lipinski definition) is 5. The molecule has 1 rings (SSSR count). The molecule has 1 aromatic heterocycles. The normalized spacial score (nSPS) is 11.3. The number of carbonyl (C=O) groups excluding carboxylic acids is 1. The molecule has 0 aliphatic heterocycles. The van der Waals surface area contributed by atoms with Gasteiger partial charge >= 0.3 is 5.97 Å². The third-order valence-corrected chi connectivity index (χ3v) is 3.30. The first-order valence-corrected chi connectivity index (χ1v) is 6.56. The lowest BCUT2D eigenvalue weighted by molar-refractivity contribution is 0.0596. The second-order valence-corrected chi connectivity index (χ2v) is 4.94. The molecule has 0 bridgehead atoms. The first kappa shape index (κ1) is 15.5. The van der Waals surface area contributed by atoms with E-state index in [0.717, 1.165) is 25.9 Å². The fourth-order valence-electron chi connectivity index (χ4n) is 1.73. The standard InChI is InChI=1S/C13H24N4O2/c1-10(2)16(3)7-5-6-8-17-9-15-11(12(17)14)13(18)19-4/h9-10H,5-8,14H2,1-4H3. The zero-order valence-electron chi connectivity index (χ0n) is 12.2. The molecule has 6 heteroatoms. The van der Waals surface area contributed by atoms with Gasteiger partial charge in [-0.1, -0.05) is 0 Å². The number of ether oxygens (including phenoxy) is 1. The van der Waals surface area contributed by atoms with Crippen molar-refractivity contribution in [2.24, 2.45) is 0 Å². The predicted octanol–water partition coefficient (Wildman–Crippen LogP) is 1.37. The number of imidazole rings is 1. The van der Waals surface area contributed by atoms with Crippen molar-refractivity contribution in [1.82, 2.24) is 14.5 Å². The number of unbranched alkanes of at least 4 members (excludes halogenated alkanes) is 1. The number of anilines is 1. The van der Waals surface area contributed by atoms with Gasteiger partial charge < -0.3 is 19.9 Å². The second-order valence-electron chi connectivity index (χ2n) is 4.94. The van der Waals surface area contributed by atoms with Crippen molar-refractivity contribution in [3.8, 4) is 0 Å². The molecule has 0 radical (unpaired) electrons. The zero-order chi connectivity index (χ0) is 14.4. The van der Waals surface area contributed by atoms with E-state index in [-0.39, 0.29) is 5.69 Å². The maximum atomic E-state index is 11.4. The van der Waals surface area contributed by atoms with Gasteiger partial charge in [-0.2, -0.15) is 0 Å². The molecule has 1 aromatic rings.